The standard InChI is InChI=1S/C12H13BrCl2O/c13-10-6-8(3-4-11(10)15)12-9(7-14)2-1-5-16-12/h3-4,6,9,12H,1-2,5,7H2. The second kappa shape index (κ2) is 5.72. The Bertz CT molecular complexity index is 370. The summed E-state index contributed by atoms with van der Waals surface area (Å²) in [6.45, 7) is 0.818. The van der Waals surface area contributed by atoms with Gasteiger partial charge in [-0.3, -0.25) is 0 Å². The predicted octanol–water partition coefficient (Wildman–Crippen LogP) is 4.81. The Labute approximate surface area is 114 Å². The molecule has 0 amide bonds. The Morgan fingerprint density at radius 1 is 1.44 bits per heavy atom. The van der Waals surface area contributed by atoms with Crippen molar-refractivity contribution in [2.24, 2.45) is 5.92 Å². The molecule has 1 aromatic rings. The molecule has 2 atom stereocenters. The summed E-state index contributed by atoms with van der Waals surface area (Å²) in [7, 11) is 0. The van der Waals surface area contributed by atoms with Gasteiger partial charge in [0.2, 0.25) is 0 Å². The van der Waals surface area contributed by atoms with Gasteiger partial charge in [-0.25, -0.2) is 0 Å². The zero-order valence-electron chi connectivity index (χ0n) is 8.76. The molecule has 0 N–H and O–H groups in total. The molecule has 1 aliphatic heterocycles. The highest BCUT2D eigenvalue weighted by Gasteiger charge is 2.26. The summed E-state index contributed by atoms with van der Waals surface area (Å²) in [5, 5.41) is 0.724. The molecule has 0 saturated carbocycles. The van der Waals surface area contributed by atoms with E-state index in [1.54, 1.807) is 0 Å². The molecule has 1 aliphatic rings. The molecule has 1 heterocycles. The van der Waals surface area contributed by atoms with E-state index in [2.05, 4.69) is 15.9 Å². The molecule has 1 saturated heterocycles. The van der Waals surface area contributed by atoms with Crippen LogP contribution in [-0.2, 0) is 4.74 Å². The minimum Gasteiger partial charge on any atom is -0.373 e. The first-order chi connectivity index (χ1) is 7.72. The highest BCUT2D eigenvalue weighted by Crippen LogP contribution is 2.36. The summed E-state index contributed by atoms with van der Waals surface area (Å²) in [5.41, 5.74) is 1.15. The average Bonchev–Trinajstić information content (AvgIpc) is 2.32. The van der Waals surface area contributed by atoms with Crippen molar-refractivity contribution in [3.63, 3.8) is 0 Å². The fourth-order valence-corrected chi connectivity index (χ4v) is 2.89. The summed E-state index contributed by atoms with van der Waals surface area (Å²) in [4.78, 5) is 0. The second-order valence-electron chi connectivity index (χ2n) is 4.02. The van der Waals surface area contributed by atoms with E-state index >= 15 is 0 Å². The molecular formula is C12H13BrCl2O. The lowest BCUT2D eigenvalue weighted by molar-refractivity contribution is -0.0208. The number of alkyl halides is 1. The molecule has 16 heavy (non-hydrogen) atoms. The van der Waals surface area contributed by atoms with Crippen molar-refractivity contribution < 1.29 is 4.74 Å². The van der Waals surface area contributed by atoms with Gasteiger partial charge in [-0.05, 0) is 46.5 Å². The lowest BCUT2D eigenvalue weighted by Gasteiger charge is -2.30. The first-order valence-corrected chi connectivity index (χ1v) is 7.05. The average molecular weight is 324 g/mol. The summed E-state index contributed by atoms with van der Waals surface area (Å²) in [6, 6.07) is 5.94. The topological polar surface area (TPSA) is 9.23 Å². The van der Waals surface area contributed by atoms with E-state index in [9.17, 15) is 0 Å². The van der Waals surface area contributed by atoms with Gasteiger partial charge >= 0.3 is 0 Å². The maximum absolute atomic E-state index is 5.98. The third-order valence-corrected chi connectivity index (χ3v) is 4.53. The number of halogens is 3. The summed E-state index contributed by atoms with van der Waals surface area (Å²) >= 11 is 15.4. The number of rotatable bonds is 2. The number of ether oxygens (including phenoxy) is 1. The van der Waals surface area contributed by atoms with Crippen LogP contribution in [0.4, 0.5) is 0 Å². The van der Waals surface area contributed by atoms with Crippen molar-refractivity contribution in [1.29, 1.82) is 0 Å². The fourth-order valence-electron chi connectivity index (χ4n) is 2.06. The van der Waals surface area contributed by atoms with E-state index in [0.717, 1.165) is 34.5 Å². The van der Waals surface area contributed by atoms with E-state index in [-0.39, 0.29) is 6.10 Å². The summed E-state index contributed by atoms with van der Waals surface area (Å²) in [6.07, 6.45) is 2.34. The van der Waals surface area contributed by atoms with E-state index in [1.165, 1.54) is 0 Å². The molecule has 1 nitrogen and oxygen atoms in total. The quantitative estimate of drug-likeness (QED) is 0.710. The van der Waals surface area contributed by atoms with Gasteiger partial charge in [-0.1, -0.05) is 17.7 Å². The van der Waals surface area contributed by atoms with Crippen LogP contribution in [0.5, 0.6) is 0 Å². The third kappa shape index (κ3) is 2.73. The Hall–Kier alpha value is 0.240. The highest BCUT2D eigenvalue weighted by atomic mass is 79.9. The summed E-state index contributed by atoms with van der Waals surface area (Å²) in [5.74, 6) is 1.05. The van der Waals surface area contributed by atoms with Gasteiger partial charge in [0, 0.05) is 22.9 Å². The lowest BCUT2D eigenvalue weighted by atomic mass is 9.91. The zero-order valence-corrected chi connectivity index (χ0v) is 11.9. The first-order valence-electron chi connectivity index (χ1n) is 5.35. The third-order valence-electron chi connectivity index (χ3n) is 2.92. The molecule has 2 unspecified atom stereocenters. The fraction of sp³-hybridized carbons (Fsp3) is 0.500. The molecule has 88 valence electrons. The van der Waals surface area contributed by atoms with Gasteiger partial charge in [0.05, 0.1) is 11.1 Å². The SMILES string of the molecule is ClCC1CCCOC1c1ccc(Cl)c(Br)c1. The maximum atomic E-state index is 5.98. The van der Waals surface area contributed by atoms with E-state index in [0.29, 0.717) is 11.8 Å². The highest BCUT2D eigenvalue weighted by molar-refractivity contribution is 9.10. The molecule has 4 heteroatoms. The normalized spacial score (nSPS) is 25.7. The second-order valence-corrected chi connectivity index (χ2v) is 5.59. The Morgan fingerprint density at radius 3 is 2.94 bits per heavy atom. The van der Waals surface area contributed by atoms with Gasteiger partial charge in [0.15, 0.2) is 0 Å². The van der Waals surface area contributed by atoms with Crippen LogP contribution >= 0.6 is 39.1 Å². The lowest BCUT2D eigenvalue weighted by Crippen LogP contribution is -2.23. The van der Waals surface area contributed by atoms with Crippen LogP contribution in [0, 0.1) is 5.92 Å². The predicted molar refractivity (Wildman–Crippen MR) is 71.3 cm³/mol. The van der Waals surface area contributed by atoms with E-state index in [4.69, 9.17) is 27.9 Å². The first kappa shape index (κ1) is 12.7. The largest absolute Gasteiger partial charge is 0.373 e. The molecule has 0 bridgehead atoms. The van der Waals surface area contributed by atoms with Gasteiger partial charge < -0.3 is 4.74 Å². The monoisotopic (exact) mass is 322 g/mol. The van der Waals surface area contributed by atoms with Crippen LogP contribution in [0.15, 0.2) is 22.7 Å². The van der Waals surface area contributed by atoms with Gasteiger partial charge in [-0.15, -0.1) is 11.6 Å². The number of benzene rings is 1. The number of hydrogen-bond acceptors (Lipinski definition) is 1. The summed E-state index contributed by atoms with van der Waals surface area (Å²) < 4.78 is 6.73. The van der Waals surface area contributed by atoms with Crippen LogP contribution in [0.3, 0.4) is 0 Å². The molecule has 0 radical (unpaired) electrons. The van der Waals surface area contributed by atoms with Gasteiger partial charge in [-0.2, -0.15) is 0 Å². The molecule has 0 aliphatic carbocycles. The van der Waals surface area contributed by atoms with Gasteiger partial charge in [0.1, 0.15) is 0 Å². The van der Waals surface area contributed by atoms with E-state index in [1.807, 2.05) is 18.2 Å². The number of hydrogen-bond donors (Lipinski definition) is 0. The van der Waals surface area contributed by atoms with Crippen LogP contribution in [0.2, 0.25) is 5.02 Å². The van der Waals surface area contributed by atoms with Gasteiger partial charge in [0.25, 0.3) is 0 Å². The molecule has 0 aromatic heterocycles. The van der Waals surface area contributed by atoms with Crippen molar-refractivity contribution in [1.82, 2.24) is 0 Å². The van der Waals surface area contributed by atoms with Crippen molar-refractivity contribution in [2.45, 2.75) is 18.9 Å². The minimum absolute atomic E-state index is 0.111. The van der Waals surface area contributed by atoms with Crippen LogP contribution in [0.25, 0.3) is 0 Å². The smallest absolute Gasteiger partial charge is 0.0864 e. The van der Waals surface area contributed by atoms with Crippen LogP contribution < -0.4 is 0 Å². The Morgan fingerprint density at radius 2 is 2.25 bits per heavy atom. The Balaban J connectivity index is 2.23. The van der Waals surface area contributed by atoms with E-state index < -0.39 is 0 Å². The molecule has 1 fully saturated rings. The molecule has 2 rings (SSSR count). The molecule has 0 spiro atoms. The van der Waals surface area contributed by atoms with Crippen molar-refractivity contribution in [3.8, 4) is 0 Å². The maximum Gasteiger partial charge on any atom is 0.0864 e. The van der Waals surface area contributed by atoms with Crippen LogP contribution in [0.1, 0.15) is 24.5 Å². The Kier molecular flexibility index (Phi) is 4.54. The zero-order chi connectivity index (χ0) is 11.5. The van der Waals surface area contributed by atoms with Crippen molar-refractivity contribution in [3.05, 3.63) is 33.3 Å². The minimum atomic E-state index is 0.111. The molecular weight excluding hydrogens is 311 g/mol. The van der Waals surface area contributed by atoms with Crippen molar-refractivity contribution >= 4 is 39.1 Å². The van der Waals surface area contributed by atoms with Crippen LogP contribution in [-0.4, -0.2) is 12.5 Å². The van der Waals surface area contributed by atoms with Crippen molar-refractivity contribution in [2.75, 3.05) is 12.5 Å². The molecule has 1 aromatic carbocycles.